The average molecular weight is 804 g/mol. The molecule has 6 aromatic rings. The number of rotatable bonds is 11. The first kappa shape index (κ1) is 40.4. The molecule has 2 aliphatic rings. The Morgan fingerprint density at radius 3 is 1.47 bits per heavy atom. The molecule has 60 heavy (non-hydrogen) atoms. The van der Waals surface area contributed by atoms with Crippen LogP contribution < -0.4 is 0 Å². The normalized spacial score (nSPS) is 17.9. The van der Waals surface area contributed by atoms with Crippen LogP contribution in [-0.2, 0) is 14.4 Å². The second-order valence-corrected chi connectivity index (χ2v) is 16.3. The van der Waals surface area contributed by atoms with Gasteiger partial charge in [-0.2, -0.15) is 0 Å². The first-order chi connectivity index (χ1) is 29.1. The summed E-state index contributed by atoms with van der Waals surface area (Å²) in [5.41, 5.74) is 7.78. The van der Waals surface area contributed by atoms with Crippen LogP contribution in [0.4, 0.5) is 0 Å². The summed E-state index contributed by atoms with van der Waals surface area (Å²) in [7, 11) is 7.73. The van der Waals surface area contributed by atoms with E-state index in [-0.39, 0.29) is 29.8 Å². The van der Waals surface area contributed by atoms with Crippen LogP contribution >= 0.6 is 0 Å². The van der Waals surface area contributed by atoms with Gasteiger partial charge in [0.25, 0.3) is 0 Å². The third-order valence-corrected chi connectivity index (χ3v) is 11.9. The Balaban J connectivity index is 0.958. The van der Waals surface area contributed by atoms with E-state index in [4.69, 9.17) is 9.97 Å². The van der Waals surface area contributed by atoms with Crippen LogP contribution in [0.1, 0.15) is 66.7 Å². The number of carbonyl (C=O) groups excluding carboxylic acids is 3. The molecule has 12 heteroatoms. The highest BCUT2D eigenvalue weighted by molar-refractivity contribution is 5.85. The number of carbonyl (C=O) groups is 3. The van der Waals surface area contributed by atoms with Gasteiger partial charge in [-0.15, -0.1) is 0 Å². The van der Waals surface area contributed by atoms with Crippen LogP contribution in [-0.4, -0.2) is 117 Å². The first-order valence-corrected chi connectivity index (χ1v) is 20.7. The Hall–Kier alpha value is -6.37. The fourth-order valence-electron chi connectivity index (χ4n) is 8.78. The van der Waals surface area contributed by atoms with Gasteiger partial charge >= 0.3 is 0 Å². The molecule has 2 fully saturated rings. The van der Waals surface area contributed by atoms with Crippen molar-refractivity contribution in [1.29, 1.82) is 0 Å². The molecule has 2 aliphatic heterocycles. The number of benzene rings is 4. The standard InChI is InChI=1S/C48H53N9O3/c1-32(58)55-27-28-57(48(60)44(54(4)5)38-15-10-7-11-16-38)42(31-55)46-50-30-40(52-46)36-24-20-34(21-25-36)33-18-22-35(23-19-33)39-29-49-45(51-39)41-17-12-26-56(41)47(59)43(53(2)3)37-13-8-6-9-14-37/h6-11,13-16,18-25,29-30,41-44H,12,17,26-28,31H2,1-5H3,(H,49,51)(H,50,52). The van der Waals surface area contributed by atoms with Gasteiger partial charge in [-0.1, -0.05) is 109 Å². The summed E-state index contributed by atoms with van der Waals surface area (Å²) in [5, 5.41) is 0. The lowest BCUT2D eigenvalue weighted by Gasteiger charge is -2.42. The number of aromatic nitrogens is 4. The molecule has 4 atom stereocenters. The molecular weight excluding hydrogens is 751 g/mol. The number of hydrogen-bond donors (Lipinski definition) is 2. The minimum absolute atomic E-state index is 0.0225. The van der Waals surface area contributed by atoms with E-state index in [9.17, 15) is 14.4 Å². The van der Waals surface area contributed by atoms with Crippen molar-refractivity contribution in [2.24, 2.45) is 0 Å². The zero-order valence-corrected chi connectivity index (χ0v) is 35.0. The van der Waals surface area contributed by atoms with Gasteiger partial charge in [-0.25, -0.2) is 9.97 Å². The summed E-state index contributed by atoms with van der Waals surface area (Å²) in [4.78, 5) is 66.8. The number of imidazole rings is 2. The van der Waals surface area contributed by atoms with Crippen LogP contribution in [0.25, 0.3) is 33.6 Å². The fourth-order valence-corrected chi connectivity index (χ4v) is 8.78. The summed E-state index contributed by atoms with van der Waals surface area (Å²) >= 11 is 0. The second kappa shape index (κ2) is 17.5. The van der Waals surface area contributed by atoms with Crippen molar-refractivity contribution in [3.8, 4) is 33.6 Å². The van der Waals surface area contributed by atoms with E-state index in [0.29, 0.717) is 32.0 Å². The smallest absolute Gasteiger partial charge is 0.245 e. The van der Waals surface area contributed by atoms with Crippen molar-refractivity contribution < 1.29 is 14.4 Å². The van der Waals surface area contributed by atoms with Gasteiger partial charge in [0.15, 0.2) is 0 Å². The lowest BCUT2D eigenvalue weighted by molar-refractivity contribution is -0.146. The van der Waals surface area contributed by atoms with Crippen LogP contribution in [0, 0.1) is 0 Å². The van der Waals surface area contributed by atoms with Crippen LogP contribution in [0.2, 0.25) is 0 Å². The first-order valence-electron chi connectivity index (χ1n) is 20.7. The highest BCUT2D eigenvalue weighted by Crippen LogP contribution is 2.36. The maximum Gasteiger partial charge on any atom is 0.245 e. The number of nitrogens with one attached hydrogen (secondary N) is 2. The van der Waals surface area contributed by atoms with Gasteiger partial charge in [0.05, 0.1) is 29.8 Å². The second-order valence-electron chi connectivity index (χ2n) is 16.3. The molecule has 4 unspecified atom stereocenters. The summed E-state index contributed by atoms with van der Waals surface area (Å²) in [5.74, 6) is 1.51. The molecule has 8 rings (SSSR count). The lowest BCUT2D eigenvalue weighted by atomic mass is 10.0. The summed E-state index contributed by atoms with van der Waals surface area (Å²) < 4.78 is 0. The molecule has 0 radical (unpaired) electrons. The van der Waals surface area contributed by atoms with Crippen molar-refractivity contribution in [3.05, 3.63) is 144 Å². The van der Waals surface area contributed by atoms with E-state index in [1.807, 2.05) is 115 Å². The van der Waals surface area contributed by atoms with Crippen LogP contribution in [0.5, 0.6) is 0 Å². The lowest BCUT2D eigenvalue weighted by Crippen LogP contribution is -2.54. The van der Waals surface area contributed by atoms with Crippen LogP contribution in [0.15, 0.2) is 122 Å². The number of hydrogen-bond acceptors (Lipinski definition) is 7. The van der Waals surface area contributed by atoms with E-state index >= 15 is 0 Å². The molecule has 3 amide bonds. The quantitative estimate of drug-likeness (QED) is 0.143. The summed E-state index contributed by atoms with van der Waals surface area (Å²) in [6, 6.07) is 35.1. The molecule has 308 valence electrons. The van der Waals surface area contributed by atoms with Gasteiger partial charge in [0.1, 0.15) is 29.8 Å². The Morgan fingerprint density at radius 2 is 1.02 bits per heavy atom. The van der Waals surface area contributed by atoms with E-state index < -0.39 is 12.1 Å². The molecule has 12 nitrogen and oxygen atoms in total. The average Bonchev–Trinajstić information content (AvgIpc) is 4.07. The molecular formula is C48H53N9O3. The molecule has 0 bridgehead atoms. The van der Waals surface area contributed by atoms with Gasteiger partial charge < -0.3 is 24.7 Å². The van der Waals surface area contributed by atoms with E-state index in [1.54, 1.807) is 18.0 Å². The van der Waals surface area contributed by atoms with Crippen molar-refractivity contribution in [2.45, 2.75) is 43.9 Å². The third kappa shape index (κ3) is 8.25. The van der Waals surface area contributed by atoms with Crippen molar-refractivity contribution in [2.75, 3.05) is 54.4 Å². The molecule has 2 N–H and O–H groups in total. The monoisotopic (exact) mass is 803 g/mol. The molecule has 4 heterocycles. The van der Waals surface area contributed by atoms with E-state index in [2.05, 4.69) is 58.5 Å². The molecule has 0 aliphatic carbocycles. The zero-order chi connectivity index (χ0) is 41.9. The SMILES string of the molecule is CC(=O)N1CCN(C(=O)C(c2ccccc2)N(C)C)C(c2ncc(-c3ccc(-c4ccc(-c5cnc(C6CCCN6C(=O)C(c6ccccc6)N(C)C)[nH]5)cc4)cc3)[nH]2)C1. The predicted octanol–water partition coefficient (Wildman–Crippen LogP) is 7.13. The number of H-pyrrole nitrogens is 2. The minimum Gasteiger partial charge on any atom is -0.340 e. The minimum atomic E-state index is -0.465. The van der Waals surface area contributed by atoms with Crippen molar-refractivity contribution in [3.63, 3.8) is 0 Å². The topological polar surface area (TPSA) is 125 Å². The molecule has 0 saturated carbocycles. The van der Waals surface area contributed by atoms with E-state index in [1.165, 1.54) is 0 Å². The molecule has 2 aromatic heterocycles. The number of nitrogens with zero attached hydrogens (tertiary/aromatic N) is 7. The Kier molecular flexibility index (Phi) is 11.8. The van der Waals surface area contributed by atoms with Gasteiger partial charge in [0.2, 0.25) is 17.7 Å². The maximum absolute atomic E-state index is 14.2. The zero-order valence-electron chi connectivity index (χ0n) is 35.0. The highest BCUT2D eigenvalue weighted by atomic mass is 16.2. The molecule has 0 spiro atoms. The predicted molar refractivity (Wildman–Crippen MR) is 233 cm³/mol. The Labute approximate surface area is 351 Å². The number of likely N-dealkylation sites (N-methyl/N-ethyl adjacent to an activating group) is 2. The Morgan fingerprint density at radius 1 is 0.583 bits per heavy atom. The largest absolute Gasteiger partial charge is 0.340 e. The number of amides is 3. The summed E-state index contributed by atoms with van der Waals surface area (Å²) in [6.07, 6.45) is 5.47. The Bertz CT molecular complexity index is 2410. The maximum atomic E-state index is 14.2. The van der Waals surface area contributed by atoms with Gasteiger partial charge in [-0.3, -0.25) is 24.2 Å². The number of aromatic amines is 2. The molecule has 4 aromatic carbocycles. The highest BCUT2D eigenvalue weighted by Gasteiger charge is 2.39. The number of likely N-dealkylation sites (tertiary alicyclic amines) is 1. The molecule has 2 saturated heterocycles. The van der Waals surface area contributed by atoms with Gasteiger partial charge in [0, 0.05) is 33.1 Å². The third-order valence-electron chi connectivity index (χ3n) is 11.9. The van der Waals surface area contributed by atoms with Crippen molar-refractivity contribution in [1.82, 2.24) is 44.4 Å². The summed E-state index contributed by atoms with van der Waals surface area (Å²) in [6.45, 7) is 3.53. The van der Waals surface area contributed by atoms with Gasteiger partial charge in [-0.05, 0) is 74.4 Å². The fraction of sp³-hybridized carbons (Fsp3) is 0.312. The van der Waals surface area contributed by atoms with Crippen LogP contribution in [0.3, 0.4) is 0 Å². The number of piperazine rings is 1. The van der Waals surface area contributed by atoms with E-state index in [0.717, 1.165) is 63.4 Å². The van der Waals surface area contributed by atoms with Crippen molar-refractivity contribution >= 4 is 17.7 Å².